The summed E-state index contributed by atoms with van der Waals surface area (Å²) < 4.78 is 5.38. The number of methoxy groups -OCH3 is 1. The van der Waals surface area contributed by atoms with Crippen LogP contribution in [0.15, 0.2) is 22.9 Å². The van der Waals surface area contributed by atoms with Crippen molar-refractivity contribution >= 4 is 27.8 Å². The Morgan fingerprint density at radius 1 is 1.50 bits per heavy atom. The Morgan fingerprint density at radius 2 is 2.28 bits per heavy atom. The van der Waals surface area contributed by atoms with Crippen molar-refractivity contribution in [1.29, 1.82) is 0 Å². The number of carbonyl (C=O) groups excluding carboxylic acids is 2. The third kappa shape index (κ3) is 2.53. The molecule has 0 bridgehead atoms. The first-order chi connectivity index (χ1) is 8.63. The smallest absolute Gasteiger partial charge is 0.328 e. The molecule has 1 saturated heterocycles. The molecule has 1 atom stereocenters. The van der Waals surface area contributed by atoms with Crippen LogP contribution in [0.5, 0.6) is 0 Å². The lowest BCUT2D eigenvalue weighted by atomic mass is 10.2. The fraction of sp³-hybridized carbons (Fsp3) is 0.417. The van der Waals surface area contributed by atoms with Gasteiger partial charge in [-0.05, 0) is 40.9 Å². The van der Waals surface area contributed by atoms with E-state index in [0.717, 1.165) is 6.42 Å². The van der Waals surface area contributed by atoms with E-state index in [4.69, 9.17) is 4.74 Å². The van der Waals surface area contributed by atoms with Crippen LogP contribution in [-0.2, 0) is 9.53 Å². The molecule has 0 spiro atoms. The van der Waals surface area contributed by atoms with E-state index in [2.05, 4.69) is 20.9 Å². The number of halogens is 1. The van der Waals surface area contributed by atoms with E-state index in [1.807, 2.05) is 0 Å². The summed E-state index contributed by atoms with van der Waals surface area (Å²) in [7, 11) is 1.34. The highest BCUT2D eigenvalue weighted by Gasteiger charge is 2.35. The lowest BCUT2D eigenvalue weighted by molar-refractivity contribution is -0.145. The molecule has 1 fully saturated rings. The fourth-order valence-electron chi connectivity index (χ4n) is 2.06. The molecule has 1 aromatic rings. The number of esters is 1. The number of rotatable bonds is 2. The first-order valence-corrected chi connectivity index (χ1v) is 6.43. The van der Waals surface area contributed by atoms with E-state index in [1.54, 1.807) is 17.0 Å². The summed E-state index contributed by atoms with van der Waals surface area (Å²) in [6.45, 7) is 0.578. The molecule has 0 aromatic carbocycles. The van der Waals surface area contributed by atoms with Gasteiger partial charge >= 0.3 is 5.97 Å². The van der Waals surface area contributed by atoms with Gasteiger partial charge in [-0.2, -0.15) is 0 Å². The van der Waals surface area contributed by atoms with E-state index in [-0.39, 0.29) is 11.9 Å². The van der Waals surface area contributed by atoms with E-state index in [9.17, 15) is 9.59 Å². The zero-order valence-electron chi connectivity index (χ0n) is 9.93. The number of pyridine rings is 1. The Balaban J connectivity index is 2.17. The third-order valence-corrected chi connectivity index (χ3v) is 3.43. The van der Waals surface area contributed by atoms with Crippen molar-refractivity contribution < 1.29 is 14.3 Å². The summed E-state index contributed by atoms with van der Waals surface area (Å²) >= 11 is 3.21. The zero-order chi connectivity index (χ0) is 13.1. The molecule has 1 aliphatic heterocycles. The minimum absolute atomic E-state index is 0.178. The topological polar surface area (TPSA) is 59.5 Å². The largest absolute Gasteiger partial charge is 0.467 e. The van der Waals surface area contributed by atoms with Crippen LogP contribution in [0.4, 0.5) is 0 Å². The second kappa shape index (κ2) is 5.48. The highest BCUT2D eigenvalue weighted by atomic mass is 79.9. The molecule has 1 amide bonds. The number of likely N-dealkylation sites (tertiary alicyclic amines) is 1. The summed E-state index contributed by atoms with van der Waals surface area (Å²) in [6.07, 6.45) is 2.97. The number of amides is 1. The summed E-state index contributed by atoms with van der Waals surface area (Å²) in [4.78, 5) is 29.4. The van der Waals surface area contributed by atoms with Crippen LogP contribution in [0.2, 0.25) is 0 Å². The Kier molecular flexibility index (Phi) is 3.96. The number of ether oxygens (including phenoxy) is 1. The Hall–Kier alpha value is -1.43. The Bertz CT molecular complexity index is 461. The molecule has 0 aliphatic carbocycles. The number of aromatic nitrogens is 1. The fourth-order valence-corrected chi connectivity index (χ4v) is 2.29. The molecule has 18 heavy (non-hydrogen) atoms. The molecule has 96 valence electrons. The predicted octanol–water partition coefficient (Wildman–Crippen LogP) is 1.62. The average Bonchev–Trinajstić information content (AvgIpc) is 2.87. The highest BCUT2D eigenvalue weighted by molar-refractivity contribution is 9.10. The van der Waals surface area contributed by atoms with Crippen LogP contribution < -0.4 is 0 Å². The van der Waals surface area contributed by atoms with Gasteiger partial charge in [0.15, 0.2) is 0 Å². The van der Waals surface area contributed by atoms with Gasteiger partial charge in [0.25, 0.3) is 5.91 Å². The monoisotopic (exact) mass is 312 g/mol. The van der Waals surface area contributed by atoms with Gasteiger partial charge in [-0.25, -0.2) is 9.78 Å². The van der Waals surface area contributed by atoms with Crippen LogP contribution >= 0.6 is 15.9 Å². The second-order valence-corrected chi connectivity index (χ2v) is 4.86. The van der Waals surface area contributed by atoms with Gasteiger partial charge in [0, 0.05) is 12.7 Å². The minimum Gasteiger partial charge on any atom is -0.467 e. The quantitative estimate of drug-likeness (QED) is 0.615. The van der Waals surface area contributed by atoms with Crippen molar-refractivity contribution in [3.8, 4) is 0 Å². The van der Waals surface area contributed by atoms with Crippen LogP contribution in [0.1, 0.15) is 23.2 Å². The maximum Gasteiger partial charge on any atom is 0.328 e. The summed E-state index contributed by atoms with van der Waals surface area (Å²) in [5.74, 6) is -0.533. The summed E-state index contributed by atoms with van der Waals surface area (Å²) in [5.41, 5.74) is 0.481. The number of nitrogens with zero attached hydrogens (tertiary/aromatic N) is 2. The van der Waals surface area contributed by atoms with Gasteiger partial charge < -0.3 is 9.64 Å². The van der Waals surface area contributed by atoms with Crippen LogP contribution in [0.3, 0.4) is 0 Å². The number of carbonyl (C=O) groups is 2. The van der Waals surface area contributed by atoms with Crippen molar-refractivity contribution in [2.45, 2.75) is 18.9 Å². The summed E-state index contributed by atoms with van der Waals surface area (Å²) in [6, 6.07) is 2.92. The van der Waals surface area contributed by atoms with E-state index in [0.29, 0.717) is 23.1 Å². The molecule has 2 rings (SSSR count). The van der Waals surface area contributed by atoms with E-state index in [1.165, 1.54) is 13.3 Å². The maximum atomic E-state index is 12.3. The predicted molar refractivity (Wildman–Crippen MR) is 68.0 cm³/mol. The van der Waals surface area contributed by atoms with Gasteiger partial charge in [-0.3, -0.25) is 4.79 Å². The molecular formula is C12H13BrN2O3. The number of hydrogen-bond donors (Lipinski definition) is 0. The van der Waals surface area contributed by atoms with Crippen molar-refractivity contribution in [2.24, 2.45) is 0 Å². The molecule has 1 aliphatic rings. The highest BCUT2D eigenvalue weighted by Crippen LogP contribution is 2.21. The van der Waals surface area contributed by atoms with Gasteiger partial charge in [-0.1, -0.05) is 0 Å². The van der Waals surface area contributed by atoms with Gasteiger partial charge in [-0.15, -0.1) is 0 Å². The van der Waals surface area contributed by atoms with E-state index < -0.39 is 6.04 Å². The maximum absolute atomic E-state index is 12.3. The standard InChI is InChI=1S/C12H13BrN2O3/c1-18-12(17)9-3-2-6-15(9)11(16)8-4-5-10(13)14-7-8/h4-5,7,9H,2-3,6H2,1H3. The molecule has 2 heterocycles. The molecule has 5 nitrogen and oxygen atoms in total. The Labute approximate surface area is 113 Å². The lowest BCUT2D eigenvalue weighted by Gasteiger charge is -2.22. The third-order valence-electron chi connectivity index (χ3n) is 2.96. The average molecular weight is 313 g/mol. The number of hydrogen-bond acceptors (Lipinski definition) is 4. The second-order valence-electron chi connectivity index (χ2n) is 4.05. The van der Waals surface area contributed by atoms with Crippen LogP contribution in [-0.4, -0.2) is 41.5 Å². The van der Waals surface area contributed by atoms with Gasteiger partial charge in [0.1, 0.15) is 10.6 Å². The van der Waals surface area contributed by atoms with Crippen molar-refractivity contribution in [3.63, 3.8) is 0 Å². The molecular weight excluding hydrogens is 300 g/mol. The molecule has 6 heteroatoms. The van der Waals surface area contributed by atoms with Crippen LogP contribution in [0, 0.1) is 0 Å². The lowest BCUT2D eigenvalue weighted by Crippen LogP contribution is -2.41. The van der Waals surface area contributed by atoms with Crippen LogP contribution in [0.25, 0.3) is 0 Å². The molecule has 0 radical (unpaired) electrons. The molecule has 1 unspecified atom stereocenters. The first kappa shape index (κ1) is 13.0. The zero-order valence-corrected chi connectivity index (χ0v) is 11.5. The molecule has 1 aromatic heterocycles. The van der Waals surface area contributed by atoms with Crippen molar-refractivity contribution in [2.75, 3.05) is 13.7 Å². The van der Waals surface area contributed by atoms with Gasteiger partial charge in [0.2, 0.25) is 0 Å². The molecule has 0 saturated carbocycles. The first-order valence-electron chi connectivity index (χ1n) is 5.64. The minimum atomic E-state index is -0.467. The Morgan fingerprint density at radius 3 is 2.89 bits per heavy atom. The van der Waals surface area contributed by atoms with Crippen molar-refractivity contribution in [3.05, 3.63) is 28.5 Å². The SMILES string of the molecule is COC(=O)C1CCCN1C(=O)c1ccc(Br)nc1. The summed E-state index contributed by atoms with van der Waals surface area (Å²) in [5, 5.41) is 0. The van der Waals surface area contributed by atoms with Crippen molar-refractivity contribution in [1.82, 2.24) is 9.88 Å². The van der Waals surface area contributed by atoms with E-state index >= 15 is 0 Å². The van der Waals surface area contributed by atoms with Gasteiger partial charge in [0.05, 0.1) is 12.7 Å². The normalized spacial score (nSPS) is 18.8. The molecule has 0 N–H and O–H groups in total.